The van der Waals surface area contributed by atoms with Gasteiger partial charge in [-0.15, -0.1) is 0 Å². The van der Waals surface area contributed by atoms with Crippen molar-refractivity contribution in [3.8, 4) is 0 Å². The maximum atomic E-state index is 10.1. The van der Waals surface area contributed by atoms with Crippen LogP contribution in [-0.4, -0.2) is 37.1 Å². The molecule has 0 fully saturated rings. The van der Waals surface area contributed by atoms with Crippen molar-refractivity contribution in [1.82, 2.24) is 0 Å². The minimum absolute atomic E-state index is 0. The van der Waals surface area contributed by atoms with E-state index in [0.29, 0.717) is 0 Å². The minimum Gasteiger partial charge on any atom is -1.00 e. The molecule has 0 rings (SSSR count). The second-order valence-corrected chi connectivity index (χ2v) is 0.759. The van der Waals surface area contributed by atoms with E-state index in [9.17, 15) is 4.11 Å². The van der Waals surface area contributed by atoms with Gasteiger partial charge in [-0.1, -0.05) is 0 Å². The molecule has 0 aromatic heterocycles. The van der Waals surface area contributed by atoms with Crippen LogP contribution >= 0.6 is 0 Å². The van der Waals surface area contributed by atoms with Crippen LogP contribution < -0.4 is 29.6 Å². The second kappa shape index (κ2) is 9.72. The molecule has 6 heteroatoms. The third-order valence-corrected chi connectivity index (χ3v) is 0. The molecule has 0 unspecified atom stereocenters. The fourth-order valence-corrected chi connectivity index (χ4v) is 0. The summed E-state index contributed by atoms with van der Waals surface area (Å²) in [6.07, 6.45) is 0. The molecule has 0 bridgehead atoms. The van der Waals surface area contributed by atoms with E-state index in [1.807, 2.05) is 0 Å². The van der Waals surface area contributed by atoms with Gasteiger partial charge in [0.2, 0.25) is 0 Å². The number of hydrogen-bond acceptors (Lipinski definition) is 1. The molecule has 0 aliphatic heterocycles. The summed E-state index contributed by atoms with van der Waals surface area (Å²) in [4.78, 5) is 6.94. The fraction of sp³-hybridized carbons (Fsp3) is 0. The predicted octanol–water partition coefficient (Wildman–Crippen LogP) is -3.68. The van der Waals surface area contributed by atoms with Crippen LogP contribution in [0.15, 0.2) is 0 Å². The summed E-state index contributed by atoms with van der Waals surface area (Å²) in [5, 5.41) is 0. The van der Waals surface area contributed by atoms with Gasteiger partial charge in [-0.25, -0.2) is 0 Å². The van der Waals surface area contributed by atoms with Crippen LogP contribution in [0.2, 0.25) is 0 Å². The van der Waals surface area contributed by atoms with Crippen molar-refractivity contribution in [2.45, 2.75) is 0 Å². The molecule has 2 nitrogen and oxygen atoms in total. The Morgan fingerprint density at radius 2 is 1.83 bits per heavy atom. The molecule has 0 radical (unpaired) electrons. The van der Waals surface area contributed by atoms with Crippen LogP contribution in [0.4, 0.5) is 4.11 Å². The van der Waals surface area contributed by atoms with Gasteiger partial charge in [-0.3, -0.25) is 4.46 Å². The quantitative estimate of drug-likeness (QED) is 0.271. The van der Waals surface area contributed by atoms with Gasteiger partial charge in [0.25, 0.3) is 0 Å². The van der Waals surface area contributed by atoms with Crippen molar-refractivity contribution in [2.75, 3.05) is 0 Å². The van der Waals surface area contributed by atoms with Crippen molar-refractivity contribution in [3.63, 3.8) is 0 Å². The Hall–Kier alpha value is 1.51. The van der Waals surface area contributed by atoms with Crippen LogP contribution in [0.3, 0.4) is 0 Å². The average Bonchev–Trinajstić information content (AvgIpc) is 0.811. The van der Waals surface area contributed by atoms with Gasteiger partial charge in [-0.2, -0.15) is 4.11 Å². The van der Waals surface area contributed by atoms with E-state index in [-0.39, 0.29) is 56.9 Å². The van der Waals surface area contributed by atoms with Gasteiger partial charge < -0.3 is 9.08 Å². The maximum Gasteiger partial charge on any atom is 2.00 e. The topological polar surface area (TPSA) is 37.3 Å². The molecule has 0 heterocycles. The molecule has 0 saturated heterocycles. The maximum absolute atomic E-state index is 10.1. The van der Waals surface area contributed by atoms with E-state index in [1.165, 1.54) is 0 Å². The molecule has 0 saturated carbocycles. The summed E-state index contributed by atoms with van der Waals surface area (Å²) in [5.41, 5.74) is 0. The van der Waals surface area contributed by atoms with E-state index < -0.39 is 9.26 Å². The summed E-state index contributed by atoms with van der Waals surface area (Å²) in [6, 6.07) is 0. The first kappa shape index (κ1) is 15.6. The van der Waals surface area contributed by atoms with Gasteiger partial charge in [0.15, 0.2) is 0 Å². The van der Waals surface area contributed by atoms with Crippen molar-refractivity contribution >= 4 is 32.3 Å². The zero-order valence-electron chi connectivity index (χ0n) is 6.44. The van der Waals surface area contributed by atoms with Crippen LogP contribution in [0, 0.1) is 0 Å². The minimum atomic E-state index is -3.63. The Balaban J connectivity index is -0.00000000450. The molecular weight excluding hydrogens is 126 g/mol. The van der Waals surface area contributed by atoms with E-state index in [1.54, 1.807) is 0 Å². The number of hydrogen-bond donors (Lipinski definition) is 1. The molecule has 0 aliphatic carbocycles. The van der Waals surface area contributed by atoms with Crippen molar-refractivity contribution in [2.24, 2.45) is 0 Å². The average molecular weight is 130 g/mol. The fourth-order valence-electron chi connectivity index (χ4n) is 0. The Labute approximate surface area is 79.0 Å². The van der Waals surface area contributed by atoms with E-state index in [0.717, 1.165) is 0 Å². The van der Waals surface area contributed by atoms with Crippen LogP contribution in [0.1, 0.15) is 4.28 Å². The largest absolute Gasteiger partial charge is 2.00 e. The summed E-state index contributed by atoms with van der Waals surface area (Å²) in [6.45, 7) is 0. The van der Waals surface area contributed by atoms with Gasteiger partial charge in [0.1, 0.15) is 0 Å². The van der Waals surface area contributed by atoms with Gasteiger partial charge in [0, 0.05) is 0 Å². The van der Waals surface area contributed by atoms with E-state index in [2.05, 4.69) is 0 Å². The molecule has 30 valence electrons. The van der Waals surface area contributed by atoms with Crippen molar-refractivity contribution in [1.29, 1.82) is 0 Å². The molecule has 0 aliphatic rings. The Morgan fingerprint density at radius 1 is 1.83 bits per heavy atom. The molecular formula is H4FMgNaO2Si. The summed E-state index contributed by atoms with van der Waals surface area (Å²) < 4.78 is 18.6. The first-order valence-electron chi connectivity index (χ1n) is 0.617. The SMILES string of the molecule is O=[Si](O)F.[H-].[H-].[H-].[Mg+2].[Na+]. The monoisotopic (exact) mass is 130 g/mol. The standard InChI is InChI=1S/FHO2Si.Mg.Na.3H/c1-4(2)3;;;;;/h2H;;;;;/q;+2;+1;3*-1. The molecule has 0 aromatic rings. The van der Waals surface area contributed by atoms with Crippen LogP contribution in [-0.2, 0) is 4.46 Å². The number of halogens is 1. The third-order valence-electron chi connectivity index (χ3n) is 0. The van der Waals surface area contributed by atoms with E-state index in [4.69, 9.17) is 9.26 Å². The second-order valence-electron chi connectivity index (χ2n) is 0.253. The molecule has 0 spiro atoms. The van der Waals surface area contributed by atoms with Gasteiger partial charge >= 0.3 is 61.9 Å². The van der Waals surface area contributed by atoms with E-state index >= 15 is 0 Å². The smallest absolute Gasteiger partial charge is 1.00 e. The molecule has 0 amide bonds. The Kier molecular flexibility index (Phi) is 25.3. The Morgan fingerprint density at radius 3 is 1.83 bits per heavy atom. The molecule has 1 N–H and O–H groups in total. The first-order chi connectivity index (χ1) is 1.73. The summed E-state index contributed by atoms with van der Waals surface area (Å²) in [5.74, 6) is 0. The molecule has 6 heavy (non-hydrogen) atoms. The zero-order valence-corrected chi connectivity index (χ0v) is 7.85. The third kappa shape index (κ3) is 49.0. The van der Waals surface area contributed by atoms with Crippen LogP contribution in [0.25, 0.3) is 0 Å². The van der Waals surface area contributed by atoms with Gasteiger partial charge in [0.05, 0.1) is 0 Å². The Bertz CT molecular complexity index is 44.8. The molecule has 0 aromatic carbocycles. The van der Waals surface area contributed by atoms with Gasteiger partial charge in [-0.05, 0) is 0 Å². The molecule has 0 atom stereocenters. The number of rotatable bonds is 0. The van der Waals surface area contributed by atoms with Crippen molar-refractivity contribution in [3.05, 3.63) is 0 Å². The first-order valence-corrected chi connectivity index (χ1v) is 1.85. The predicted molar refractivity (Wildman–Crippen MR) is 18.9 cm³/mol. The summed E-state index contributed by atoms with van der Waals surface area (Å²) in [7, 11) is -3.63. The van der Waals surface area contributed by atoms with Crippen molar-refractivity contribution < 1.29 is 47.2 Å². The summed E-state index contributed by atoms with van der Waals surface area (Å²) >= 11 is 0. The zero-order chi connectivity index (χ0) is 3.58. The normalized spacial score (nSPS) is 4.17. The van der Waals surface area contributed by atoms with Crippen LogP contribution in [0.5, 0.6) is 0 Å².